The number of benzene rings is 4. The fraction of sp³-hybridized carbons (Fsp3) is 0.333. The largest absolute Gasteiger partial charge is 0.326 e. The minimum atomic E-state index is -0.0631. The summed E-state index contributed by atoms with van der Waals surface area (Å²) in [6.45, 7) is 12.0. The number of amides is 2. The predicted octanol–water partition coefficient (Wildman–Crippen LogP) is 13.4. The van der Waals surface area contributed by atoms with Gasteiger partial charge in [0.2, 0.25) is 11.8 Å². The first kappa shape index (κ1) is 38.0. The molecule has 6 rings (SSSR count). The lowest BCUT2D eigenvalue weighted by atomic mass is 9.70. The molecule has 2 N–H and O–H groups in total. The Morgan fingerprint density at radius 3 is 1.70 bits per heavy atom. The van der Waals surface area contributed by atoms with E-state index in [0.29, 0.717) is 43.8 Å². The van der Waals surface area contributed by atoms with Crippen molar-refractivity contribution >= 4 is 75.2 Å². The van der Waals surface area contributed by atoms with Crippen LogP contribution in [0, 0.1) is 11.8 Å². The van der Waals surface area contributed by atoms with Crippen molar-refractivity contribution in [3.8, 4) is 0 Å². The van der Waals surface area contributed by atoms with Gasteiger partial charge in [0.25, 0.3) is 0 Å². The van der Waals surface area contributed by atoms with Gasteiger partial charge in [0, 0.05) is 38.5 Å². The van der Waals surface area contributed by atoms with Gasteiger partial charge in [-0.25, -0.2) is 0 Å². The second-order valence-corrected chi connectivity index (χ2v) is 15.6. The molecule has 0 heterocycles. The highest BCUT2D eigenvalue weighted by Crippen LogP contribution is 2.47. The summed E-state index contributed by atoms with van der Waals surface area (Å²) >= 11 is 24.6. The molecule has 0 aliphatic heterocycles. The number of nitrogens with one attached hydrogen (secondary N) is 2. The molecule has 0 radical (unpaired) electrons. The van der Waals surface area contributed by atoms with Gasteiger partial charge < -0.3 is 10.6 Å². The lowest BCUT2D eigenvalue weighted by Crippen LogP contribution is -2.19. The maximum Gasteiger partial charge on any atom is 0.221 e. The van der Waals surface area contributed by atoms with E-state index in [2.05, 4.69) is 74.7 Å². The topological polar surface area (TPSA) is 58.2 Å². The molecule has 0 saturated carbocycles. The van der Waals surface area contributed by atoms with E-state index in [0.717, 1.165) is 36.2 Å². The zero-order valence-electron chi connectivity index (χ0n) is 29.3. The Morgan fingerprint density at radius 1 is 0.640 bits per heavy atom. The highest BCUT2D eigenvalue weighted by Gasteiger charge is 2.30. The highest BCUT2D eigenvalue weighted by molar-refractivity contribution is 6.42. The van der Waals surface area contributed by atoms with E-state index in [1.165, 1.54) is 47.2 Å². The number of fused-ring (bicyclic) bond motifs is 2. The molecule has 0 bridgehead atoms. The third-order valence-electron chi connectivity index (χ3n) is 9.70. The average Bonchev–Trinajstić information content (AvgIpc) is 3.05. The molecule has 8 heteroatoms. The predicted molar refractivity (Wildman–Crippen MR) is 214 cm³/mol. The molecule has 4 aromatic rings. The van der Waals surface area contributed by atoms with Gasteiger partial charge in [-0.15, -0.1) is 0 Å². The van der Waals surface area contributed by atoms with Crippen molar-refractivity contribution in [2.75, 3.05) is 10.6 Å². The lowest BCUT2D eigenvalue weighted by molar-refractivity contribution is -0.115. The maximum absolute atomic E-state index is 11.4. The zero-order chi connectivity index (χ0) is 36.3. The van der Waals surface area contributed by atoms with Gasteiger partial charge in [0.15, 0.2) is 0 Å². The SMILES string of the molecule is CC(=O)Nc1ccc2c(c1)C(C(C)C)=CCC2c1ccc(Cl)c(Cl)c1.CC(=O)Nc1ccc2c(c1)C(C(C)C)CCC2c1ccc(Cl)c(Cl)c1.[HH]. The molecule has 3 unspecified atom stereocenters. The molecule has 4 nitrogen and oxygen atoms in total. The van der Waals surface area contributed by atoms with Crippen LogP contribution < -0.4 is 10.6 Å². The number of carbonyl (C=O) groups excluding carboxylic acids is 2. The van der Waals surface area contributed by atoms with Crippen molar-refractivity contribution in [3.05, 3.63) is 132 Å². The van der Waals surface area contributed by atoms with E-state index >= 15 is 0 Å². The molecule has 3 atom stereocenters. The molecular weight excluding hydrogens is 706 g/mol. The standard InChI is InChI=1S/C21H23Cl2NO.C21H21Cl2NO.H2/c2*1-12(2)16-7-8-17(14-4-9-20(22)21(23)10-14)18-6-5-15(11-19(16)18)24-13(3)25;/h4-6,9-12,16-17H,7-8H2,1-3H3,(H,24,25);4-7,9-12,17H,8H2,1-3H3,(H,24,25);1H. The number of halogens is 4. The second-order valence-electron chi connectivity index (χ2n) is 13.9. The van der Waals surface area contributed by atoms with Crippen LogP contribution in [0.15, 0.2) is 78.9 Å². The molecule has 0 saturated heterocycles. The van der Waals surface area contributed by atoms with Crippen molar-refractivity contribution in [3.63, 3.8) is 0 Å². The molecule has 2 aliphatic rings. The molecule has 2 amide bonds. The number of hydrogen-bond acceptors (Lipinski definition) is 2. The van der Waals surface area contributed by atoms with Crippen molar-refractivity contribution in [1.29, 1.82) is 0 Å². The van der Waals surface area contributed by atoms with Gasteiger partial charge in [-0.1, -0.05) is 104 Å². The second kappa shape index (κ2) is 16.4. The molecule has 0 spiro atoms. The van der Waals surface area contributed by atoms with Crippen LogP contribution in [0.4, 0.5) is 11.4 Å². The van der Waals surface area contributed by atoms with Crippen molar-refractivity contribution in [2.24, 2.45) is 11.8 Å². The first-order valence-electron chi connectivity index (χ1n) is 17.2. The van der Waals surface area contributed by atoms with E-state index in [9.17, 15) is 9.59 Å². The number of rotatable bonds is 6. The van der Waals surface area contributed by atoms with Crippen LogP contribution >= 0.6 is 46.4 Å². The van der Waals surface area contributed by atoms with Gasteiger partial charge in [-0.2, -0.15) is 0 Å². The molecule has 50 heavy (non-hydrogen) atoms. The van der Waals surface area contributed by atoms with E-state index in [1.54, 1.807) is 0 Å². The van der Waals surface area contributed by atoms with Gasteiger partial charge in [0.05, 0.1) is 20.1 Å². The lowest BCUT2D eigenvalue weighted by Gasteiger charge is -2.34. The first-order valence-corrected chi connectivity index (χ1v) is 18.7. The Balaban J connectivity index is 0.000000224. The van der Waals surface area contributed by atoms with Crippen molar-refractivity contribution < 1.29 is 11.0 Å². The summed E-state index contributed by atoms with van der Waals surface area (Å²) in [5, 5.41) is 8.12. The molecule has 0 aromatic heterocycles. The van der Waals surface area contributed by atoms with E-state index < -0.39 is 0 Å². The van der Waals surface area contributed by atoms with Crippen LogP contribution in [0.3, 0.4) is 0 Å². The number of carbonyl (C=O) groups is 2. The minimum absolute atomic E-state index is 0. The Labute approximate surface area is 318 Å². The Morgan fingerprint density at radius 2 is 1.18 bits per heavy atom. The van der Waals surface area contributed by atoms with E-state index in [1.807, 2.05) is 42.5 Å². The zero-order valence-corrected chi connectivity index (χ0v) is 32.4. The molecular formula is C42H46Cl4N2O2. The molecule has 4 aromatic carbocycles. The van der Waals surface area contributed by atoms with Crippen LogP contribution in [0.2, 0.25) is 20.1 Å². The van der Waals surface area contributed by atoms with Crippen LogP contribution in [0.1, 0.15) is 113 Å². The fourth-order valence-corrected chi connectivity index (χ4v) is 8.00. The van der Waals surface area contributed by atoms with Crippen LogP contribution in [-0.4, -0.2) is 11.8 Å². The molecule has 2 aliphatic carbocycles. The fourth-order valence-electron chi connectivity index (χ4n) is 7.38. The van der Waals surface area contributed by atoms with Crippen molar-refractivity contribution in [1.82, 2.24) is 0 Å². The Hall–Kier alpha value is -3.28. The van der Waals surface area contributed by atoms with Gasteiger partial charge in [0.1, 0.15) is 0 Å². The summed E-state index contributed by atoms with van der Waals surface area (Å²) in [6, 6.07) is 24.2. The van der Waals surface area contributed by atoms with Gasteiger partial charge >= 0.3 is 0 Å². The summed E-state index contributed by atoms with van der Waals surface area (Å²) in [5.74, 6) is 1.92. The maximum atomic E-state index is 11.4. The summed E-state index contributed by atoms with van der Waals surface area (Å²) < 4.78 is 0. The molecule has 0 fully saturated rings. The number of anilines is 2. The summed E-state index contributed by atoms with van der Waals surface area (Å²) in [5.41, 5.74) is 10.5. The minimum Gasteiger partial charge on any atom is -0.326 e. The van der Waals surface area contributed by atoms with E-state index in [-0.39, 0.29) is 19.2 Å². The number of allylic oxidation sites excluding steroid dienone is 2. The average molecular weight is 753 g/mol. The van der Waals surface area contributed by atoms with Gasteiger partial charge in [-0.3, -0.25) is 9.59 Å². The summed E-state index contributed by atoms with van der Waals surface area (Å²) in [6.07, 6.45) is 5.45. The number of hydrogen-bond donors (Lipinski definition) is 2. The van der Waals surface area contributed by atoms with Crippen LogP contribution in [0.5, 0.6) is 0 Å². The van der Waals surface area contributed by atoms with Crippen LogP contribution in [0.25, 0.3) is 5.57 Å². The summed E-state index contributed by atoms with van der Waals surface area (Å²) in [4.78, 5) is 22.8. The highest BCUT2D eigenvalue weighted by atomic mass is 35.5. The third kappa shape index (κ3) is 8.77. The monoisotopic (exact) mass is 750 g/mol. The van der Waals surface area contributed by atoms with Crippen molar-refractivity contribution in [2.45, 2.75) is 78.6 Å². The molecule has 264 valence electrons. The normalized spacial score (nSPS) is 18.0. The summed E-state index contributed by atoms with van der Waals surface area (Å²) in [7, 11) is 0. The Bertz CT molecular complexity index is 1940. The first-order chi connectivity index (χ1) is 23.7. The van der Waals surface area contributed by atoms with Crippen LogP contribution in [-0.2, 0) is 9.59 Å². The van der Waals surface area contributed by atoms with E-state index in [4.69, 9.17) is 46.4 Å². The Kier molecular flexibility index (Phi) is 12.4. The quantitative estimate of drug-likeness (QED) is 0.206. The third-order valence-corrected chi connectivity index (χ3v) is 11.2. The smallest absolute Gasteiger partial charge is 0.221 e. The van der Waals surface area contributed by atoms with Gasteiger partial charge in [-0.05, 0) is 125 Å².